The fraction of sp³-hybridized carbons (Fsp3) is 0. The number of hydrogen-bond acceptors (Lipinski definition) is 5. The van der Waals surface area contributed by atoms with Crippen LogP contribution >= 0.6 is 0 Å². The van der Waals surface area contributed by atoms with Crippen LogP contribution in [0.1, 0.15) is 0 Å². The van der Waals surface area contributed by atoms with Gasteiger partial charge in [-0.05, 0) is 29.8 Å². The molecule has 0 spiro atoms. The molecule has 5 aromatic carbocycles. The van der Waals surface area contributed by atoms with Crippen molar-refractivity contribution in [2.75, 3.05) is 0 Å². The summed E-state index contributed by atoms with van der Waals surface area (Å²) in [6.45, 7) is 0. The summed E-state index contributed by atoms with van der Waals surface area (Å²) in [5, 5.41) is 4.41. The molecule has 206 valence electrons. The predicted octanol–water partition coefficient (Wildman–Crippen LogP) is 9.26. The Balaban J connectivity index is 1.28. The maximum atomic E-state index is 6.12. The summed E-state index contributed by atoms with van der Waals surface area (Å²) in [4.78, 5) is 19.7. The molecule has 6 heteroatoms. The molecule has 9 rings (SSSR count). The van der Waals surface area contributed by atoms with Gasteiger partial charge in [-0.1, -0.05) is 103 Å². The first-order valence-electron chi connectivity index (χ1n) is 14.5. The highest BCUT2D eigenvalue weighted by atomic mass is 16.3. The maximum absolute atomic E-state index is 6.12. The Bertz CT molecular complexity index is 2460. The first kappa shape index (κ1) is 24.5. The summed E-state index contributed by atoms with van der Waals surface area (Å²) in [7, 11) is 0. The molecule has 0 saturated carbocycles. The minimum Gasteiger partial charge on any atom is -0.454 e. The molecule has 0 aliphatic rings. The molecule has 6 nitrogen and oxygen atoms in total. The van der Waals surface area contributed by atoms with E-state index in [9.17, 15) is 0 Å². The van der Waals surface area contributed by atoms with E-state index in [1.807, 2.05) is 66.9 Å². The van der Waals surface area contributed by atoms with Crippen molar-refractivity contribution in [3.63, 3.8) is 0 Å². The minimum absolute atomic E-state index is 0.571. The van der Waals surface area contributed by atoms with Crippen LogP contribution in [0.25, 0.3) is 83.6 Å². The molecule has 4 aromatic heterocycles. The molecule has 0 amide bonds. The van der Waals surface area contributed by atoms with E-state index in [-0.39, 0.29) is 0 Å². The van der Waals surface area contributed by atoms with Crippen molar-refractivity contribution in [3.05, 3.63) is 140 Å². The minimum atomic E-state index is 0.571. The van der Waals surface area contributed by atoms with Gasteiger partial charge in [-0.3, -0.25) is 9.55 Å². The second kappa shape index (κ2) is 9.71. The van der Waals surface area contributed by atoms with Gasteiger partial charge in [0.2, 0.25) is 5.95 Å². The first-order chi connectivity index (χ1) is 21.8. The van der Waals surface area contributed by atoms with E-state index in [1.165, 1.54) is 0 Å². The number of fused-ring (bicyclic) bond motifs is 6. The number of aromatic nitrogens is 5. The van der Waals surface area contributed by atoms with Gasteiger partial charge in [0.1, 0.15) is 5.58 Å². The van der Waals surface area contributed by atoms with E-state index >= 15 is 0 Å². The van der Waals surface area contributed by atoms with Crippen LogP contribution in [0.2, 0.25) is 0 Å². The number of benzene rings is 5. The van der Waals surface area contributed by atoms with Gasteiger partial charge in [-0.15, -0.1) is 0 Å². The molecule has 4 heterocycles. The molecule has 0 aliphatic carbocycles. The summed E-state index contributed by atoms with van der Waals surface area (Å²) >= 11 is 0. The molecule has 44 heavy (non-hydrogen) atoms. The second-order valence-electron chi connectivity index (χ2n) is 10.8. The zero-order valence-electron chi connectivity index (χ0n) is 23.4. The molecule has 0 N–H and O–H groups in total. The Kier molecular flexibility index (Phi) is 5.40. The average Bonchev–Trinajstić information content (AvgIpc) is 3.65. The third kappa shape index (κ3) is 3.82. The first-order valence-corrected chi connectivity index (χ1v) is 14.5. The monoisotopic (exact) mass is 565 g/mol. The standard InChI is InChI=1S/C38H23N5O/c1-2-11-24(12-3-1)36-40-37(42-38(41-36)43-31-18-7-4-15-27(31)28-16-5-8-19-32(28)43)26-14-10-13-25(21-26)30-22-39-23-34-35(30)29-17-6-9-20-33(29)44-34/h1-23H. The summed E-state index contributed by atoms with van der Waals surface area (Å²) in [5.41, 5.74) is 7.50. The number of hydrogen-bond donors (Lipinski definition) is 0. The lowest BCUT2D eigenvalue weighted by Gasteiger charge is -2.11. The highest BCUT2D eigenvalue weighted by molar-refractivity contribution is 6.12. The van der Waals surface area contributed by atoms with Gasteiger partial charge in [0.25, 0.3) is 0 Å². The van der Waals surface area contributed by atoms with Crippen LogP contribution in [0.3, 0.4) is 0 Å². The van der Waals surface area contributed by atoms with Gasteiger partial charge in [0, 0.05) is 44.4 Å². The van der Waals surface area contributed by atoms with Crippen LogP contribution < -0.4 is 0 Å². The Hall–Kier alpha value is -6.14. The van der Waals surface area contributed by atoms with Gasteiger partial charge in [-0.25, -0.2) is 4.98 Å². The number of nitrogens with zero attached hydrogens (tertiary/aromatic N) is 5. The van der Waals surface area contributed by atoms with Gasteiger partial charge in [0.05, 0.1) is 17.2 Å². The third-order valence-electron chi connectivity index (χ3n) is 8.15. The Morgan fingerprint density at radius 2 is 1.09 bits per heavy atom. The average molecular weight is 566 g/mol. The molecule has 0 saturated heterocycles. The lowest BCUT2D eigenvalue weighted by atomic mass is 9.99. The van der Waals surface area contributed by atoms with E-state index in [1.54, 1.807) is 6.20 Å². The molecule has 9 aromatic rings. The topological polar surface area (TPSA) is 69.6 Å². The van der Waals surface area contributed by atoms with Gasteiger partial charge < -0.3 is 4.42 Å². The molecule has 0 radical (unpaired) electrons. The zero-order valence-corrected chi connectivity index (χ0v) is 23.4. The van der Waals surface area contributed by atoms with Crippen molar-refractivity contribution in [1.29, 1.82) is 0 Å². The summed E-state index contributed by atoms with van der Waals surface area (Å²) in [6, 6.07) is 43.2. The van der Waals surface area contributed by atoms with Crippen molar-refractivity contribution in [1.82, 2.24) is 24.5 Å². The number of para-hydroxylation sites is 3. The highest BCUT2D eigenvalue weighted by Crippen LogP contribution is 2.37. The number of furan rings is 1. The van der Waals surface area contributed by atoms with Crippen LogP contribution in [0, 0.1) is 0 Å². The van der Waals surface area contributed by atoms with E-state index in [2.05, 4.69) is 76.3 Å². The van der Waals surface area contributed by atoms with Crippen molar-refractivity contribution in [3.8, 4) is 39.9 Å². The van der Waals surface area contributed by atoms with E-state index in [4.69, 9.17) is 19.4 Å². The quantitative estimate of drug-likeness (QED) is 0.213. The van der Waals surface area contributed by atoms with Gasteiger partial charge >= 0.3 is 0 Å². The number of pyridine rings is 1. The van der Waals surface area contributed by atoms with Crippen LogP contribution in [0.15, 0.2) is 144 Å². The second-order valence-corrected chi connectivity index (χ2v) is 10.8. The van der Waals surface area contributed by atoms with Crippen molar-refractivity contribution < 1.29 is 4.42 Å². The lowest BCUT2D eigenvalue weighted by molar-refractivity contribution is 0.667. The smallest absolute Gasteiger partial charge is 0.238 e. The SMILES string of the molecule is c1ccc(-c2nc(-c3cccc(-c4cncc5oc6ccccc6c45)c3)nc(-n3c4ccccc4c4ccccc43)n2)cc1. The Labute approximate surface area is 251 Å². The molecule has 0 atom stereocenters. The molecule has 0 fully saturated rings. The van der Waals surface area contributed by atoms with E-state index in [0.717, 1.165) is 66.0 Å². The Morgan fingerprint density at radius 3 is 1.86 bits per heavy atom. The zero-order chi connectivity index (χ0) is 29.0. The van der Waals surface area contributed by atoms with Crippen LogP contribution in [0.4, 0.5) is 0 Å². The fourth-order valence-corrected chi connectivity index (χ4v) is 6.17. The van der Waals surface area contributed by atoms with Crippen molar-refractivity contribution in [2.45, 2.75) is 0 Å². The van der Waals surface area contributed by atoms with E-state index in [0.29, 0.717) is 17.6 Å². The van der Waals surface area contributed by atoms with Gasteiger partial charge in [0.15, 0.2) is 17.2 Å². The molecular weight excluding hydrogens is 542 g/mol. The third-order valence-corrected chi connectivity index (χ3v) is 8.15. The van der Waals surface area contributed by atoms with E-state index < -0.39 is 0 Å². The summed E-state index contributed by atoms with van der Waals surface area (Å²) in [5.74, 6) is 1.78. The fourth-order valence-electron chi connectivity index (χ4n) is 6.17. The molecule has 0 unspecified atom stereocenters. The molecule has 0 bridgehead atoms. The van der Waals surface area contributed by atoms with Gasteiger partial charge in [-0.2, -0.15) is 9.97 Å². The van der Waals surface area contributed by atoms with Crippen molar-refractivity contribution in [2.24, 2.45) is 0 Å². The van der Waals surface area contributed by atoms with Crippen LogP contribution in [-0.4, -0.2) is 24.5 Å². The summed E-state index contributed by atoms with van der Waals surface area (Å²) in [6.07, 6.45) is 3.68. The predicted molar refractivity (Wildman–Crippen MR) is 176 cm³/mol. The molecular formula is C38H23N5O. The highest BCUT2D eigenvalue weighted by Gasteiger charge is 2.18. The summed E-state index contributed by atoms with van der Waals surface area (Å²) < 4.78 is 8.26. The number of rotatable bonds is 4. The normalized spacial score (nSPS) is 11.6. The van der Waals surface area contributed by atoms with Crippen LogP contribution in [-0.2, 0) is 0 Å². The van der Waals surface area contributed by atoms with Crippen LogP contribution in [0.5, 0.6) is 0 Å². The lowest BCUT2D eigenvalue weighted by Crippen LogP contribution is -2.06. The molecule has 0 aliphatic heterocycles. The largest absolute Gasteiger partial charge is 0.454 e. The van der Waals surface area contributed by atoms with Crippen molar-refractivity contribution >= 4 is 43.7 Å². The Morgan fingerprint density at radius 1 is 0.477 bits per heavy atom. The maximum Gasteiger partial charge on any atom is 0.238 e.